The molecule has 1 aliphatic carbocycles. The number of rotatable bonds is 2. The second kappa shape index (κ2) is 5.33. The fraction of sp³-hybridized carbons (Fsp3) is 0.200. The fourth-order valence-corrected chi connectivity index (χ4v) is 3.80. The average molecular weight is 335 g/mol. The van der Waals surface area contributed by atoms with Gasteiger partial charge in [0.15, 0.2) is 15.6 Å². The number of aromatic amines is 1. The van der Waals surface area contributed by atoms with E-state index in [1.165, 1.54) is 6.07 Å². The molecule has 0 spiro atoms. The molecule has 0 fully saturated rings. The molecule has 0 aromatic carbocycles. The van der Waals surface area contributed by atoms with Crippen molar-refractivity contribution in [1.29, 1.82) is 0 Å². The molecule has 2 aromatic rings. The van der Waals surface area contributed by atoms with Gasteiger partial charge in [-0.05, 0) is 47.4 Å². The Kier molecular flexibility index (Phi) is 3.62. The molecule has 0 atom stereocenters. The molecule has 2 aromatic heterocycles. The molecule has 3 rings (SSSR count). The Balaban J connectivity index is 2.11. The van der Waals surface area contributed by atoms with Crippen molar-refractivity contribution in [1.82, 2.24) is 4.98 Å². The molecular weight excluding hydrogens is 322 g/mol. The van der Waals surface area contributed by atoms with Gasteiger partial charge >= 0.3 is 0 Å². The van der Waals surface area contributed by atoms with Crippen LogP contribution < -0.4 is 5.56 Å². The van der Waals surface area contributed by atoms with Crippen molar-refractivity contribution in [3.8, 4) is 0 Å². The largest absolute Gasteiger partial charge is 0.324 e. The molecule has 1 aliphatic rings. The summed E-state index contributed by atoms with van der Waals surface area (Å²) in [5, 5.41) is 3.86. The number of hydrogen-bond acceptors (Lipinski definition) is 5. The van der Waals surface area contributed by atoms with Crippen molar-refractivity contribution < 1.29 is 13.2 Å². The van der Waals surface area contributed by atoms with E-state index >= 15 is 0 Å². The van der Waals surface area contributed by atoms with E-state index in [4.69, 9.17) is 0 Å². The number of pyridine rings is 1. The van der Waals surface area contributed by atoms with Crippen LogP contribution >= 0.6 is 11.3 Å². The normalized spacial score (nSPS) is 16.8. The zero-order valence-electron chi connectivity index (χ0n) is 11.8. The van der Waals surface area contributed by atoms with E-state index < -0.39 is 15.4 Å². The lowest BCUT2D eigenvalue weighted by atomic mass is 9.89. The van der Waals surface area contributed by atoms with E-state index in [9.17, 15) is 18.0 Å². The number of sulfone groups is 1. The third-order valence-corrected chi connectivity index (χ3v) is 5.36. The Hall–Kier alpha value is -1.99. The van der Waals surface area contributed by atoms with E-state index in [1.54, 1.807) is 11.3 Å². The zero-order chi connectivity index (χ0) is 15.9. The maximum atomic E-state index is 12.6. The fourth-order valence-electron chi connectivity index (χ4n) is 2.47. The first-order chi connectivity index (χ1) is 10.4. The summed E-state index contributed by atoms with van der Waals surface area (Å²) >= 11 is 1.54. The molecular formula is C15H13NO4S2. The van der Waals surface area contributed by atoms with E-state index in [2.05, 4.69) is 4.98 Å². The Morgan fingerprint density at radius 1 is 1.27 bits per heavy atom. The molecule has 0 amide bonds. The number of fused-ring (bicyclic) bond motifs is 1. The summed E-state index contributed by atoms with van der Waals surface area (Å²) < 4.78 is 23.3. The molecule has 0 radical (unpaired) electrons. The summed E-state index contributed by atoms with van der Waals surface area (Å²) in [5.74, 6) is -0.228. The SMILES string of the molecule is CS(=O)(=O)c1cc2c([nH]c1=O)CC/C(=C/c1ccsc1)C2=O. The van der Waals surface area contributed by atoms with Gasteiger partial charge in [-0.15, -0.1) is 0 Å². The van der Waals surface area contributed by atoms with Crippen LogP contribution in [0.5, 0.6) is 0 Å². The van der Waals surface area contributed by atoms with Crippen LogP contribution in [0.3, 0.4) is 0 Å². The first kappa shape index (κ1) is 14.9. The lowest BCUT2D eigenvalue weighted by Crippen LogP contribution is -2.24. The number of aryl methyl sites for hydroxylation is 1. The quantitative estimate of drug-likeness (QED) is 0.851. The van der Waals surface area contributed by atoms with Gasteiger partial charge in [-0.1, -0.05) is 0 Å². The predicted molar refractivity (Wildman–Crippen MR) is 85.1 cm³/mol. The third kappa shape index (κ3) is 2.69. The molecule has 22 heavy (non-hydrogen) atoms. The van der Waals surface area contributed by atoms with Crippen molar-refractivity contribution in [3.63, 3.8) is 0 Å². The van der Waals surface area contributed by atoms with E-state index in [-0.39, 0.29) is 16.2 Å². The highest BCUT2D eigenvalue weighted by Crippen LogP contribution is 2.26. The van der Waals surface area contributed by atoms with Crippen molar-refractivity contribution in [2.75, 3.05) is 6.26 Å². The zero-order valence-corrected chi connectivity index (χ0v) is 13.4. The maximum absolute atomic E-state index is 12.6. The van der Waals surface area contributed by atoms with Crippen molar-refractivity contribution in [2.45, 2.75) is 17.7 Å². The van der Waals surface area contributed by atoms with Crippen molar-refractivity contribution >= 4 is 33.0 Å². The number of Topliss-reactive ketones (excluding diaryl/α,β-unsaturated/α-hetero) is 1. The average Bonchev–Trinajstić information content (AvgIpc) is 2.93. The van der Waals surface area contributed by atoms with Crippen LogP contribution in [0.25, 0.3) is 6.08 Å². The summed E-state index contributed by atoms with van der Waals surface area (Å²) in [5.41, 5.74) is 1.68. The molecule has 0 saturated heterocycles. The van der Waals surface area contributed by atoms with Crippen molar-refractivity contribution in [2.24, 2.45) is 0 Å². The Labute approximate surface area is 131 Å². The first-order valence-electron chi connectivity index (χ1n) is 6.60. The van der Waals surface area contributed by atoms with Gasteiger partial charge in [-0.3, -0.25) is 9.59 Å². The summed E-state index contributed by atoms with van der Waals surface area (Å²) in [4.78, 5) is 26.5. The molecule has 2 heterocycles. The van der Waals surface area contributed by atoms with Crippen LogP contribution in [0.2, 0.25) is 0 Å². The summed E-state index contributed by atoms with van der Waals surface area (Å²) in [6, 6.07) is 3.11. The van der Waals surface area contributed by atoms with E-state index in [0.29, 0.717) is 24.1 Å². The standard InChI is InChI=1S/C15H13NO4S2/c1-22(19,20)13-7-11-12(16-15(13)18)3-2-10(14(11)17)6-9-4-5-21-8-9/h4-8H,2-3H2,1H3,(H,16,18)/b10-6-. The van der Waals surface area contributed by atoms with Gasteiger partial charge < -0.3 is 4.98 Å². The van der Waals surface area contributed by atoms with Crippen LogP contribution in [-0.4, -0.2) is 25.4 Å². The highest BCUT2D eigenvalue weighted by Gasteiger charge is 2.26. The Morgan fingerprint density at radius 2 is 2.05 bits per heavy atom. The van der Waals surface area contributed by atoms with Crippen LogP contribution in [0, 0.1) is 0 Å². The number of carbonyl (C=O) groups excluding carboxylic acids is 1. The first-order valence-corrected chi connectivity index (χ1v) is 9.43. The van der Waals surface area contributed by atoms with Gasteiger partial charge in [-0.2, -0.15) is 11.3 Å². The molecule has 0 aliphatic heterocycles. The summed E-state index contributed by atoms with van der Waals surface area (Å²) in [6.07, 6.45) is 3.80. The monoisotopic (exact) mass is 335 g/mol. The summed E-state index contributed by atoms with van der Waals surface area (Å²) in [6.45, 7) is 0. The topological polar surface area (TPSA) is 84.1 Å². The molecule has 114 valence electrons. The van der Waals surface area contributed by atoms with Gasteiger partial charge in [0, 0.05) is 23.1 Å². The maximum Gasteiger partial charge on any atom is 0.266 e. The molecule has 0 unspecified atom stereocenters. The minimum Gasteiger partial charge on any atom is -0.324 e. The lowest BCUT2D eigenvalue weighted by Gasteiger charge is -2.17. The second-order valence-electron chi connectivity index (χ2n) is 5.18. The molecule has 7 heteroatoms. The summed E-state index contributed by atoms with van der Waals surface area (Å²) in [7, 11) is -3.67. The second-order valence-corrected chi connectivity index (χ2v) is 7.95. The molecule has 1 N–H and O–H groups in total. The van der Waals surface area contributed by atoms with Crippen LogP contribution in [0.1, 0.15) is 28.0 Å². The lowest BCUT2D eigenvalue weighted by molar-refractivity contribution is 0.102. The highest BCUT2D eigenvalue weighted by molar-refractivity contribution is 7.90. The van der Waals surface area contributed by atoms with Crippen LogP contribution in [0.15, 0.2) is 38.2 Å². The number of nitrogens with one attached hydrogen (secondary N) is 1. The number of hydrogen-bond donors (Lipinski definition) is 1. The van der Waals surface area contributed by atoms with E-state index in [1.807, 2.05) is 22.9 Å². The minimum atomic E-state index is -3.67. The number of ketones is 1. The Morgan fingerprint density at radius 3 is 2.68 bits per heavy atom. The van der Waals surface area contributed by atoms with Gasteiger partial charge in [0.2, 0.25) is 0 Å². The number of carbonyl (C=O) groups is 1. The van der Waals surface area contributed by atoms with Crippen LogP contribution in [-0.2, 0) is 16.3 Å². The van der Waals surface area contributed by atoms with Gasteiger partial charge in [-0.25, -0.2) is 8.42 Å². The number of thiophene rings is 1. The number of H-pyrrole nitrogens is 1. The number of allylic oxidation sites excluding steroid dienone is 1. The predicted octanol–water partition coefficient (Wildman–Crippen LogP) is 2.05. The van der Waals surface area contributed by atoms with Gasteiger partial charge in [0.05, 0.1) is 0 Å². The third-order valence-electron chi connectivity index (χ3n) is 3.55. The Bertz CT molecular complexity index is 934. The number of aromatic nitrogens is 1. The molecule has 0 bridgehead atoms. The van der Waals surface area contributed by atoms with Crippen molar-refractivity contribution in [3.05, 3.63) is 55.6 Å². The van der Waals surface area contributed by atoms with Gasteiger partial charge in [0.1, 0.15) is 4.90 Å². The smallest absolute Gasteiger partial charge is 0.266 e. The molecule has 5 nitrogen and oxygen atoms in total. The van der Waals surface area contributed by atoms with Gasteiger partial charge in [0.25, 0.3) is 5.56 Å². The minimum absolute atomic E-state index is 0.228. The highest BCUT2D eigenvalue weighted by atomic mass is 32.2. The van der Waals surface area contributed by atoms with E-state index in [0.717, 1.165) is 11.8 Å². The van der Waals surface area contributed by atoms with Crippen LogP contribution in [0.4, 0.5) is 0 Å². The molecule has 0 saturated carbocycles.